The van der Waals surface area contributed by atoms with Crippen molar-refractivity contribution < 1.29 is 9.59 Å². The SMILES string of the molecule is N#CC(C(=O)Nc1ccc(Cl)cc1)=C(S)SCC(=O)c1ccccc1. The molecule has 1 N–H and O–H groups in total. The Morgan fingerprint density at radius 2 is 1.76 bits per heavy atom. The average molecular weight is 389 g/mol. The second-order valence-corrected chi connectivity index (χ2v) is 7.00. The molecule has 4 nitrogen and oxygen atoms in total. The van der Waals surface area contributed by atoms with Gasteiger partial charge in [0.2, 0.25) is 0 Å². The van der Waals surface area contributed by atoms with E-state index in [0.29, 0.717) is 16.3 Å². The Balaban J connectivity index is 2.03. The Morgan fingerprint density at radius 1 is 1.12 bits per heavy atom. The molecule has 7 heteroatoms. The Labute approximate surface area is 160 Å². The lowest BCUT2D eigenvalue weighted by molar-refractivity contribution is -0.112. The van der Waals surface area contributed by atoms with Gasteiger partial charge in [-0.2, -0.15) is 5.26 Å². The van der Waals surface area contributed by atoms with Crippen LogP contribution in [0.2, 0.25) is 5.02 Å². The molecule has 1 amide bonds. The minimum Gasteiger partial charge on any atom is -0.321 e. The molecule has 0 aliphatic carbocycles. The van der Waals surface area contributed by atoms with Crippen molar-refractivity contribution in [1.29, 1.82) is 5.26 Å². The van der Waals surface area contributed by atoms with Gasteiger partial charge in [-0.05, 0) is 24.3 Å². The molecule has 126 valence electrons. The summed E-state index contributed by atoms with van der Waals surface area (Å²) in [5.41, 5.74) is 0.929. The number of anilines is 1. The van der Waals surface area contributed by atoms with Gasteiger partial charge in [-0.25, -0.2) is 0 Å². The van der Waals surface area contributed by atoms with Crippen LogP contribution in [0.4, 0.5) is 5.69 Å². The topological polar surface area (TPSA) is 70.0 Å². The van der Waals surface area contributed by atoms with Gasteiger partial charge in [0, 0.05) is 16.3 Å². The molecule has 0 heterocycles. The summed E-state index contributed by atoms with van der Waals surface area (Å²) < 4.78 is 0.193. The molecule has 0 bridgehead atoms. The van der Waals surface area contributed by atoms with Crippen LogP contribution in [0.25, 0.3) is 0 Å². The zero-order valence-corrected chi connectivity index (χ0v) is 15.4. The average Bonchev–Trinajstić information content (AvgIpc) is 2.63. The van der Waals surface area contributed by atoms with Crippen LogP contribution in [0.5, 0.6) is 0 Å². The second-order valence-electron chi connectivity index (χ2n) is 4.83. The van der Waals surface area contributed by atoms with Gasteiger partial charge in [0.1, 0.15) is 11.6 Å². The van der Waals surface area contributed by atoms with Gasteiger partial charge in [0.15, 0.2) is 5.78 Å². The van der Waals surface area contributed by atoms with Crippen molar-refractivity contribution in [1.82, 2.24) is 0 Å². The summed E-state index contributed by atoms with van der Waals surface area (Å²) in [4.78, 5) is 24.3. The number of thioether (sulfide) groups is 1. The normalized spacial score (nSPS) is 11.2. The number of rotatable bonds is 6. The Bertz CT molecular complexity index is 844. The molecular weight excluding hydrogens is 376 g/mol. The molecule has 0 saturated carbocycles. The summed E-state index contributed by atoms with van der Waals surface area (Å²) >= 11 is 11.0. The van der Waals surface area contributed by atoms with Gasteiger partial charge < -0.3 is 5.32 Å². The molecule has 2 aromatic rings. The summed E-state index contributed by atoms with van der Waals surface area (Å²) in [6, 6.07) is 17.1. The van der Waals surface area contributed by atoms with Gasteiger partial charge in [0.25, 0.3) is 5.91 Å². The lowest BCUT2D eigenvalue weighted by Crippen LogP contribution is -2.14. The van der Waals surface area contributed by atoms with Gasteiger partial charge in [-0.1, -0.05) is 41.9 Å². The maximum atomic E-state index is 12.2. The third-order valence-corrected chi connectivity index (χ3v) is 4.84. The third-order valence-electron chi connectivity index (χ3n) is 3.09. The first kappa shape index (κ1) is 19.1. The first-order chi connectivity index (χ1) is 12.0. The van der Waals surface area contributed by atoms with E-state index in [1.165, 1.54) is 0 Å². The van der Waals surface area contributed by atoms with Crippen molar-refractivity contribution in [3.8, 4) is 6.07 Å². The van der Waals surface area contributed by atoms with Gasteiger partial charge >= 0.3 is 0 Å². The lowest BCUT2D eigenvalue weighted by atomic mass is 10.2. The monoisotopic (exact) mass is 388 g/mol. The first-order valence-corrected chi connectivity index (χ1v) is 8.93. The number of amides is 1. The van der Waals surface area contributed by atoms with Crippen LogP contribution in [0.1, 0.15) is 10.4 Å². The van der Waals surface area contributed by atoms with Crippen LogP contribution in [0, 0.1) is 11.3 Å². The van der Waals surface area contributed by atoms with Crippen molar-refractivity contribution in [3.63, 3.8) is 0 Å². The van der Waals surface area contributed by atoms with Crippen LogP contribution in [-0.2, 0) is 4.79 Å². The molecular formula is C18H13ClN2O2S2. The minimum absolute atomic E-state index is 0.0856. The summed E-state index contributed by atoms with van der Waals surface area (Å²) in [5.74, 6) is -0.607. The number of hydrogen-bond acceptors (Lipinski definition) is 5. The maximum absolute atomic E-state index is 12.2. The number of carbonyl (C=O) groups excluding carboxylic acids is 2. The predicted octanol–water partition coefficient (Wildman–Crippen LogP) is 4.56. The number of nitrogens with zero attached hydrogens (tertiary/aromatic N) is 1. The Morgan fingerprint density at radius 3 is 2.36 bits per heavy atom. The lowest BCUT2D eigenvalue weighted by Gasteiger charge is -2.07. The Kier molecular flexibility index (Phi) is 7.14. The highest BCUT2D eigenvalue weighted by molar-refractivity contribution is 8.16. The van der Waals surface area contributed by atoms with E-state index in [-0.39, 0.29) is 21.3 Å². The number of benzene rings is 2. The number of thiol groups is 1. The van der Waals surface area contributed by atoms with Crippen molar-refractivity contribution in [2.24, 2.45) is 0 Å². The number of Topliss-reactive ketones (excluding diaryl/α,β-unsaturated/α-hetero) is 1. The van der Waals surface area contributed by atoms with Crippen LogP contribution in [-0.4, -0.2) is 17.4 Å². The summed E-state index contributed by atoms with van der Waals surface area (Å²) in [5, 5.41) is 12.4. The Hall–Kier alpha value is -2.20. The predicted molar refractivity (Wildman–Crippen MR) is 105 cm³/mol. The van der Waals surface area contributed by atoms with E-state index in [1.54, 1.807) is 48.5 Å². The van der Waals surface area contributed by atoms with E-state index in [1.807, 2.05) is 12.1 Å². The van der Waals surface area contributed by atoms with Crippen molar-refractivity contribution >= 4 is 53.4 Å². The van der Waals surface area contributed by atoms with Crippen LogP contribution in [0.15, 0.2) is 64.4 Å². The van der Waals surface area contributed by atoms with Crippen molar-refractivity contribution in [2.75, 3.05) is 11.1 Å². The van der Waals surface area contributed by atoms with E-state index in [9.17, 15) is 14.9 Å². The van der Waals surface area contributed by atoms with E-state index in [2.05, 4.69) is 17.9 Å². The molecule has 2 rings (SSSR count). The van der Waals surface area contributed by atoms with Crippen molar-refractivity contribution in [2.45, 2.75) is 0 Å². The van der Waals surface area contributed by atoms with Crippen LogP contribution >= 0.6 is 36.0 Å². The van der Waals surface area contributed by atoms with Gasteiger partial charge in [-0.15, -0.1) is 24.4 Å². The maximum Gasteiger partial charge on any atom is 0.268 e. The fourth-order valence-corrected chi connectivity index (χ4v) is 3.02. The third kappa shape index (κ3) is 5.68. The molecule has 0 aromatic heterocycles. The number of nitriles is 1. The highest BCUT2D eigenvalue weighted by Gasteiger charge is 2.15. The zero-order chi connectivity index (χ0) is 18.2. The van der Waals surface area contributed by atoms with Gasteiger partial charge in [-0.3, -0.25) is 9.59 Å². The number of carbonyl (C=O) groups is 2. The van der Waals surface area contributed by atoms with E-state index < -0.39 is 5.91 Å². The number of ketones is 1. The fraction of sp³-hybridized carbons (Fsp3) is 0.0556. The second kappa shape index (κ2) is 9.33. The standard InChI is InChI=1S/C18H13ClN2O2S2/c19-13-6-8-14(9-7-13)21-17(23)15(10-20)18(24)25-11-16(22)12-4-2-1-3-5-12/h1-9,24H,11H2,(H,21,23). The summed E-state index contributed by atoms with van der Waals surface area (Å²) in [6.45, 7) is 0. The number of halogens is 1. The minimum atomic E-state index is -0.588. The molecule has 0 atom stereocenters. The molecule has 2 aromatic carbocycles. The zero-order valence-electron chi connectivity index (χ0n) is 12.9. The van der Waals surface area contributed by atoms with Gasteiger partial charge in [0.05, 0.1) is 9.99 Å². The van der Waals surface area contributed by atoms with Crippen LogP contribution in [0.3, 0.4) is 0 Å². The fourth-order valence-electron chi connectivity index (χ4n) is 1.84. The first-order valence-electron chi connectivity index (χ1n) is 7.12. The van der Waals surface area contributed by atoms with E-state index >= 15 is 0 Å². The number of hydrogen-bond donors (Lipinski definition) is 2. The highest BCUT2D eigenvalue weighted by atomic mass is 35.5. The van der Waals surface area contributed by atoms with E-state index in [0.717, 1.165) is 11.8 Å². The highest BCUT2D eigenvalue weighted by Crippen LogP contribution is 2.25. The molecule has 0 spiro atoms. The van der Waals surface area contributed by atoms with Crippen molar-refractivity contribution in [3.05, 3.63) is 75.0 Å². The summed E-state index contributed by atoms with van der Waals surface area (Å²) in [7, 11) is 0. The molecule has 0 fully saturated rings. The molecule has 25 heavy (non-hydrogen) atoms. The molecule has 0 unspecified atom stereocenters. The van der Waals surface area contributed by atoms with Crippen LogP contribution < -0.4 is 5.32 Å². The number of nitrogens with one attached hydrogen (secondary N) is 1. The smallest absolute Gasteiger partial charge is 0.268 e. The molecule has 0 aliphatic rings. The molecule has 0 radical (unpaired) electrons. The van der Waals surface area contributed by atoms with E-state index in [4.69, 9.17) is 11.6 Å². The largest absolute Gasteiger partial charge is 0.321 e. The molecule has 0 aliphatic heterocycles. The quantitative estimate of drug-likeness (QED) is 0.329. The summed E-state index contributed by atoms with van der Waals surface area (Å²) in [6.07, 6.45) is 0. The molecule has 0 saturated heterocycles.